The molecule has 6 fully saturated rings. The van der Waals surface area contributed by atoms with Crippen LogP contribution in [0.15, 0.2) is 12.2 Å². The van der Waals surface area contributed by atoms with Crippen LogP contribution in [-0.4, -0.2) is 50.5 Å². The second-order valence-electron chi connectivity index (χ2n) is 10.6. The summed E-state index contributed by atoms with van der Waals surface area (Å²) < 4.78 is 5.77. The molecule has 4 N–H and O–H groups in total. The molecule has 4 bridgehead atoms. The first-order valence-electron chi connectivity index (χ1n) is 10.1. The third-order valence-electron chi connectivity index (χ3n) is 9.65. The van der Waals surface area contributed by atoms with E-state index >= 15 is 0 Å². The second kappa shape index (κ2) is 4.68. The van der Waals surface area contributed by atoms with Crippen molar-refractivity contribution >= 4 is 5.78 Å². The van der Waals surface area contributed by atoms with Gasteiger partial charge < -0.3 is 25.2 Å². The third-order valence-corrected chi connectivity index (χ3v) is 9.65. The molecule has 2 aliphatic heterocycles. The molecule has 6 nitrogen and oxygen atoms in total. The van der Waals surface area contributed by atoms with Crippen molar-refractivity contribution in [3.63, 3.8) is 0 Å². The summed E-state index contributed by atoms with van der Waals surface area (Å²) in [6.07, 6.45) is -0.948. The highest BCUT2D eigenvalue weighted by atomic mass is 16.7. The molecule has 9 atom stereocenters. The lowest BCUT2D eigenvalue weighted by Crippen LogP contribution is -2.86. The molecule has 27 heavy (non-hydrogen) atoms. The molecule has 2 heterocycles. The van der Waals surface area contributed by atoms with E-state index < -0.39 is 46.4 Å². The van der Waals surface area contributed by atoms with Gasteiger partial charge in [-0.1, -0.05) is 27.4 Å². The maximum Gasteiger partial charge on any atom is 0.185 e. The number of aliphatic hydroxyl groups is 4. The van der Waals surface area contributed by atoms with E-state index in [0.29, 0.717) is 24.8 Å². The van der Waals surface area contributed by atoms with Crippen molar-refractivity contribution in [2.24, 2.45) is 33.5 Å². The topological polar surface area (TPSA) is 107 Å². The Balaban J connectivity index is 1.86. The van der Waals surface area contributed by atoms with E-state index in [1.807, 2.05) is 6.92 Å². The quantitative estimate of drug-likeness (QED) is 0.471. The van der Waals surface area contributed by atoms with Crippen molar-refractivity contribution in [1.29, 1.82) is 0 Å². The van der Waals surface area contributed by atoms with Crippen molar-refractivity contribution in [2.75, 3.05) is 0 Å². The number of Topliss-reactive ketones (excluding diaryl/α,β-unsaturated/α-hetero) is 1. The van der Waals surface area contributed by atoms with Gasteiger partial charge in [0.15, 0.2) is 17.9 Å². The Morgan fingerprint density at radius 1 is 1.11 bits per heavy atom. The van der Waals surface area contributed by atoms with Crippen LogP contribution >= 0.6 is 0 Å². The van der Waals surface area contributed by atoms with Crippen LogP contribution in [0.25, 0.3) is 0 Å². The zero-order valence-electron chi connectivity index (χ0n) is 16.2. The Labute approximate surface area is 159 Å². The summed E-state index contributed by atoms with van der Waals surface area (Å²) >= 11 is 0. The zero-order valence-corrected chi connectivity index (χ0v) is 16.2. The van der Waals surface area contributed by atoms with Crippen LogP contribution in [-0.2, 0) is 9.53 Å². The molecule has 4 saturated carbocycles. The molecule has 6 heteroatoms. The molecule has 0 aromatic rings. The van der Waals surface area contributed by atoms with Crippen molar-refractivity contribution in [1.82, 2.24) is 0 Å². The summed E-state index contributed by atoms with van der Waals surface area (Å²) in [5.74, 6) is -2.97. The largest absolute Gasteiger partial charge is 0.392 e. The van der Waals surface area contributed by atoms with Gasteiger partial charge in [-0.2, -0.15) is 0 Å². The fourth-order valence-corrected chi connectivity index (χ4v) is 8.46. The third kappa shape index (κ3) is 1.47. The average Bonchev–Trinajstić information content (AvgIpc) is 2.69. The predicted octanol–water partition coefficient (Wildman–Crippen LogP) is 1.11. The van der Waals surface area contributed by atoms with Crippen LogP contribution in [0.4, 0.5) is 0 Å². The summed E-state index contributed by atoms with van der Waals surface area (Å²) in [6.45, 7) is 9.98. The van der Waals surface area contributed by atoms with Crippen LogP contribution < -0.4 is 0 Å². The minimum absolute atomic E-state index is 0.118. The minimum Gasteiger partial charge on any atom is -0.392 e. The first kappa shape index (κ1) is 18.3. The summed E-state index contributed by atoms with van der Waals surface area (Å²) in [4.78, 5) is 13.5. The second-order valence-corrected chi connectivity index (χ2v) is 10.6. The number of aliphatic hydroxyl groups excluding tert-OH is 3. The summed E-state index contributed by atoms with van der Waals surface area (Å²) in [6, 6.07) is 0. The van der Waals surface area contributed by atoms with E-state index in [4.69, 9.17) is 4.74 Å². The van der Waals surface area contributed by atoms with E-state index in [2.05, 4.69) is 20.4 Å². The van der Waals surface area contributed by atoms with Crippen molar-refractivity contribution in [3.05, 3.63) is 12.2 Å². The molecule has 4 aliphatic carbocycles. The summed E-state index contributed by atoms with van der Waals surface area (Å²) in [5, 5.41) is 45.5. The molecule has 0 unspecified atom stereocenters. The maximum absolute atomic E-state index is 13.5. The van der Waals surface area contributed by atoms with Crippen LogP contribution in [0.2, 0.25) is 0 Å². The van der Waals surface area contributed by atoms with Gasteiger partial charge in [-0.25, -0.2) is 0 Å². The molecule has 6 rings (SSSR count). The Kier molecular flexibility index (Phi) is 3.16. The van der Waals surface area contributed by atoms with E-state index in [0.717, 1.165) is 6.42 Å². The maximum atomic E-state index is 13.5. The van der Waals surface area contributed by atoms with Crippen LogP contribution in [0, 0.1) is 33.5 Å². The molecule has 2 saturated heterocycles. The SMILES string of the molecule is C=C1C(=O)[C@]23[C@H](O)[C@H]1CC[C@@]2(C)[C@@]12[C@H](O)O[C@]3(O)C[C@@H]1C(C)(C)CC[C@@H]2O. The molecular weight excluding hydrogens is 348 g/mol. The summed E-state index contributed by atoms with van der Waals surface area (Å²) in [7, 11) is 0. The number of ether oxygens (including phenoxy) is 1. The molecule has 0 aromatic heterocycles. The van der Waals surface area contributed by atoms with Crippen LogP contribution in [0.5, 0.6) is 0 Å². The Hall–Kier alpha value is -0.790. The first-order chi connectivity index (χ1) is 12.4. The van der Waals surface area contributed by atoms with Gasteiger partial charge in [0.1, 0.15) is 5.41 Å². The van der Waals surface area contributed by atoms with Gasteiger partial charge in [-0.15, -0.1) is 0 Å². The smallest absolute Gasteiger partial charge is 0.185 e. The molecule has 0 radical (unpaired) electrons. The number of hydrogen-bond donors (Lipinski definition) is 4. The number of carbonyl (C=O) groups excluding carboxylic acids is 1. The first-order valence-corrected chi connectivity index (χ1v) is 10.1. The lowest BCUT2D eigenvalue weighted by Gasteiger charge is -2.78. The highest BCUT2D eigenvalue weighted by Gasteiger charge is 2.90. The van der Waals surface area contributed by atoms with Gasteiger partial charge in [-0.3, -0.25) is 4.79 Å². The van der Waals surface area contributed by atoms with E-state index in [1.165, 1.54) is 0 Å². The van der Waals surface area contributed by atoms with Gasteiger partial charge in [-0.05, 0) is 42.6 Å². The van der Waals surface area contributed by atoms with Gasteiger partial charge >= 0.3 is 0 Å². The number of rotatable bonds is 0. The van der Waals surface area contributed by atoms with Crippen LogP contribution in [0.1, 0.15) is 52.9 Å². The average molecular weight is 378 g/mol. The molecule has 6 aliphatic rings. The molecule has 150 valence electrons. The van der Waals surface area contributed by atoms with E-state index in [-0.39, 0.29) is 23.5 Å². The molecule has 0 amide bonds. The van der Waals surface area contributed by atoms with Gasteiger partial charge in [0.05, 0.1) is 17.6 Å². The number of carbonyl (C=O) groups is 1. The highest BCUT2D eigenvalue weighted by Crippen LogP contribution is 2.82. The lowest BCUT2D eigenvalue weighted by atomic mass is 9.30. The van der Waals surface area contributed by atoms with Gasteiger partial charge in [0.25, 0.3) is 0 Å². The Morgan fingerprint density at radius 3 is 2.44 bits per heavy atom. The molecule has 2 spiro atoms. The number of ketones is 1. The Morgan fingerprint density at radius 2 is 1.78 bits per heavy atom. The predicted molar refractivity (Wildman–Crippen MR) is 95.0 cm³/mol. The standard InChI is InChI=1S/C21H30O6/c1-10-11-5-8-18(4)20-12(17(2,3)7-6-13(20)22)9-19(26,27-16(20)25)21(18,14(10)23)15(11)24/h11-13,15-16,22,24-26H,1,5-9H2,2-4H3/t11-,12+,13-,15+,16+,18-,19+,20-,21-/m0/s1. The highest BCUT2D eigenvalue weighted by molar-refractivity contribution is 6.05. The molecule has 0 aromatic carbocycles. The van der Waals surface area contributed by atoms with E-state index in [9.17, 15) is 25.2 Å². The van der Waals surface area contributed by atoms with E-state index in [1.54, 1.807) is 0 Å². The fourth-order valence-electron chi connectivity index (χ4n) is 8.46. The fraction of sp³-hybridized carbons (Fsp3) is 0.857. The van der Waals surface area contributed by atoms with Gasteiger partial charge in [0.2, 0.25) is 0 Å². The van der Waals surface area contributed by atoms with Crippen molar-refractivity contribution in [2.45, 2.75) is 77.2 Å². The van der Waals surface area contributed by atoms with Crippen molar-refractivity contribution < 1.29 is 30.0 Å². The van der Waals surface area contributed by atoms with Crippen molar-refractivity contribution in [3.8, 4) is 0 Å². The zero-order chi connectivity index (χ0) is 19.8. The lowest BCUT2D eigenvalue weighted by molar-refractivity contribution is -0.503. The monoisotopic (exact) mass is 378 g/mol. The molecular formula is C21H30O6. The number of fused-ring (bicyclic) bond motifs is 2. The normalized spacial score (nSPS) is 60.9. The summed E-state index contributed by atoms with van der Waals surface area (Å²) in [5.41, 5.74) is -3.62. The van der Waals surface area contributed by atoms with Gasteiger partial charge in [0, 0.05) is 17.8 Å². The number of hydrogen-bond acceptors (Lipinski definition) is 6. The van der Waals surface area contributed by atoms with Crippen LogP contribution in [0.3, 0.4) is 0 Å². The Bertz CT molecular complexity index is 762. The minimum atomic E-state index is -1.98.